The van der Waals surface area contributed by atoms with Gasteiger partial charge in [-0.05, 0) is 60.6 Å². The second-order valence-corrected chi connectivity index (χ2v) is 7.04. The fourth-order valence-corrected chi connectivity index (χ4v) is 3.69. The molecule has 0 aliphatic carbocycles. The van der Waals surface area contributed by atoms with E-state index in [-0.39, 0.29) is 11.1 Å². The molecule has 0 amide bonds. The van der Waals surface area contributed by atoms with Crippen LogP contribution >= 0.6 is 0 Å². The molecule has 0 radical (unpaired) electrons. The van der Waals surface area contributed by atoms with Gasteiger partial charge in [-0.1, -0.05) is 66.7 Å². The Hall–Kier alpha value is -3.19. The number of benzene rings is 3. The summed E-state index contributed by atoms with van der Waals surface area (Å²) in [5.41, 5.74) is 5.83. The third-order valence-corrected chi connectivity index (χ3v) is 5.06. The molecule has 0 spiro atoms. The molecule has 0 unspecified atom stereocenters. The number of pyridine rings is 1. The lowest BCUT2D eigenvalue weighted by molar-refractivity contribution is -0.660. The van der Waals surface area contributed by atoms with Crippen LogP contribution in [0.2, 0.25) is 0 Å². The summed E-state index contributed by atoms with van der Waals surface area (Å²) in [6, 6.07) is 24.4. The Balaban J connectivity index is 2.07. The molecule has 0 fully saturated rings. The molecule has 138 valence electrons. The van der Waals surface area contributed by atoms with E-state index < -0.39 is 13.7 Å². The van der Waals surface area contributed by atoms with Gasteiger partial charge in [-0.2, -0.15) is 0 Å². The Labute approximate surface area is 176 Å². The highest BCUT2D eigenvalue weighted by Crippen LogP contribution is 2.35. The van der Waals surface area contributed by atoms with E-state index in [1.54, 1.807) is 36.0 Å². The Bertz CT molecular complexity index is 1340. The Morgan fingerprint density at radius 2 is 1.46 bits per heavy atom. The summed E-state index contributed by atoms with van der Waals surface area (Å²) in [5, 5.41) is 0. The largest absolute Gasteiger partial charge is 0.220 e. The number of rotatable bonds is 3. The molecular formula is C27H26N+. The normalized spacial score (nSPS) is 14.9. The van der Waals surface area contributed by atoms with Crippen molar-refractivity contribution in [1.82, 2.24) is 0 Å². The standard InChI is InChI=1S/C27H26N/c1-19-16-26(27(28(4)18-19)25-13-9-8-10-20(25)2)24-15-14-23(17-21(24)3)22-11-6-5-7-12-22/h5-18H,1-4H3/q+1/i1D3,3D3. The van der Waals surface area contributed by atoms with Gasteiger partial charge >= 0.3 is 0 Å². The van der Waals surface area contributed by atoms with Gasteiger partial charge < -0.3 is 0 Å². The summed E-state index contributed by atoms with van der Waals surface area (Å²) in [4.78, 5) is 0. The maximum absolute atomic E-state index is 8.29. The molecular weight excluding hydrogens is 338 g/mol. The summed E-state index contributed by atoms with van der Waals surface area (Å²) >= 11 is 0. The van der Waals surface area contributed by atoms with Crippen molar-refractivity contribution >= 4 is 0 Å². The molecule has 0 bridgehead atoms. The minimum Gasteiger partial charge on any atom is -0.200 e. The van der Waals surface area contributed by atoms with Crippen molar-refractivity contribution in [3.63, 3.8) is 0 Å². The molecule has 4 rings (SSSR count). The average Bonchev–Trinajstić information content (AvgIpc) is 2.78. The minimum absolute atomic E-state index is 0.158. The Kier molecular flexibility index (Phi) is 3.27. The molecule has 4 aromatic rings. The predicted molar refractivity (Wildman–Crippen MR) is 118 cm³/mol. The van der Waals surface area contributed by atoms with Crippen molar-refractivity contribution < 1.29 is 12.8 Å². The molecule has 0 saturated carbocycles. The molecule has 1 heterocycles. The van der Waals surface area contributed by atoms with E-state index in [0.717, 1.165) is 27.9 Å². The van der Waals surface area contributed by atoms with E-state index >= 15 is 0 Å². The van der Waals surface area contributed by atoms with Gasteiger partial charge in [0.1, 0.15) is 7.05 Å². The fraction of sp³-hybridized carbons (Fsp3) is 0.148. The van der Waals surface area contributed by atoms with Crippen LogP contribution in [0.5, 0.6) is 0 Å². The quantitative estimate of drug-likeness (QED) is 0.365. The molecule has 0 aliphatic heterocycles. The molecule has 0 aliphatic rings. The second kappa shape index (κ2) is 7.44. The van der Waals surface area contributed by atoms with E-state index in [1.807, 2.05) is 67.6 Å². The van der Waals surface area contributed by atoms with Gasteiger partial charge in [0.15, 0.2) is 6.20 Å². The topological polar surface area (TPSA) is 3.88 Å². The summed E-state index contributed by atoms with van der Waals surface area (Å²) < 4.78 is 50.6. The number of aryl methyl sites for hydroxylation is 4. The molecule has 0 saturated heterocycles. The molecule has 0 atom stereocenters. The van der Waals surface area contributed by atoms with Gasteiger partial charge in [0.25, 0.3) is 0 Å². The van der Waals surface area contributed by atoms with Crippen molar-refractivity contribution in [2.45, 2.75) is 20.6 Å². The lowest BCUT2D eigenvalue weighted by atomic mass is 9.91. The number of hydrogen-bond acceptors (Lipinski definition) is 0. The lowest BCUT2D eigenvalue weighted by Gasteiger charge is -2.14. The molecule has 3 aromatic carbocycles. The van der Waals surface area contributed by atoms with Gasteiger partial charge in [0.2, 0.25) is 5.69 Å². The number of hydrogen-bond donors (Lipinski definition) is 0. The van der Waals surface area contributed by atoms with E-state index in [4.69, 9.17) is 8.22 Å². The molecule has 0 N–H and O–H groups in total. The highest BCUT2D eigenvalue weighted by molar-refractivity contribution is 5.83. The first-order valence-electron chi connectivity index (χ1n) is 12.3. The van der Waals surface area contributed by atoms with Gasteiger partial charge in [0, 0.05) is 19.4 Å². The molecule has 1 heteroatoms. The third-order valence-electron chi connectivity index (χ3n) is 5.06. The summed E-state index contributed by atoms with van der Waals surface area (Å²) in [5.74, 6) is 0. The monoisotopic (exact) mass is 370 g/mol. The zero-order chi connectivity index (χ0) is 24.7. The maximum atomic E-state index is 8.29. The minimum atomic E-state index is -2.39. The van der Waals surface area contributed by atoms with Crippen LogP contribution in [0, 0.1) is 20.6 Å². The van der Waals surface area contributed by atoms with Crippen LogP contribution < -0.4 is 4.57 Å². The van der Waals surface area contributed by atoms with E-state index in [9.17, 15) is 0 Å². The van der Waals surface area contributed by atoms with Crippen molar-refractivity contribution in [3.8, 4) is 33.5 Å². The number of nitrogens with zero attached hydrogens (tertiary/aromatic N) is 1. The van der Waals surface area contributed by atoms with Crippen LogP contribution in [0.3, 0.4) is 0 Å². The van der Waals surface area contributed by atoms with E-state index in [2.05, 4.69) is 0 Å². The summed E-state index contributed by atoms with van der Waals surface area (Å²) in [6.45, 7) is -2.74. The SMILES string of the molecule is [2H]C([2H])([2H])c1cc(-c2ccc(-c3ccccc3)cc2C([2H])([2H])[2H])c(-c2ccccc2C)[n+](C)c1. The third kappa shape index (κ3) is 3.36. The van der Waals surface area contributed by atoms with Gasteiger partial charge in [-0.25, -0.2) is 4.57 Å². The Morgan fingerprint density at radius 1 is 0.679 bits per heavy atom. The van der Waals surface area contributed by atoms with Crippen molar-refractivity contribution in [1.29, 1.82) is 0 Å². The van der Waals surface area contributed by atoms with Gasteiger partial charge in [-0.3, -0.25) is 0 Å². The lowest BCUT2D eigenvalue weighted by Crippen LogP contribution is -2.32. The smallest absolute Gasteiger partial charge is 0.200 e. The van der Waals surface area contributed by atoms with Gasteiger partial charge in [0.05, 0.1) is 5.56 Å². The first-order valence-corrected chi connectivity index (χ1v) is 9.27. The van der Waals surface area contributed by atoms with Gasteiger partial charge in [-0.15, -0.1) is 0 Å². The first-order chi connectivity index (χ1) is 16.0. The van der Waals surface area contributed by atoms with E-state index in [1.165, 1.54) is 0 Å². The predicted octanol–water partition coefficient (Wildman–Crippen LogP) is 6.44. The maximum Gasteiger partial charge on any atom is 0.220 e. The van der Waals surface area contributed by atoms with Crippen LogP contribution in [0.1, 0.15) is 24.9 Å². The Morgan fingerprint density at radius 3 is 2.21 bits per heavy atom. The zero-order valence-electron chi connectivity index (χ0n) is 22.0. The molecule has 1 nitrogen and oxygen atoms in total. The van der Waals surface area contributed by atoms with Crippen LogP contribution in [0.15, 0.2) is 85.1 Å². The molecule has 1 aromatic heterocycles. The van der Waals surface area contributed by atoms with Crippen LogP contribution in [-0.4, -0.2) is 0 Å². The van der Waals surface area contributed by atoms with Crippen LogP contribution in [0.25, 0.3) is 33.5 Å². The van der Waals surface area contributed by atoms with Crippen molar-refractivity contribution in [2.24, 2.45) is 7.05 Å². The highest BCUT2D eigenvalue weighted by atomic mass is 14.9. The van der Waals surface area contributed by atoms with Crippen molar-refractivity contribution in [2.75, 3.05) is 0 Å². The van der Waals surface area contributed by atoms with E-state index in [0.29, 0.717) is 11.1 Å². The average molecular weight is 371 g/mol. The summed E-state index contributed by atoms with van der Waals surface area (Å²) in [7, 11) is 1.80. The second-order valence-electron chi connectivity index (χ2n) is 7.04. The van der Waals surface area contributed by atoms with Crippen LogP contribution in [0.4, 0.5) is 0 Å². The highest BCUT2D eigenvalue weighted by Gasteiger charge is 2.21. The fourth-order valence-electron chi connectivity index (χ4n) is 3.69. The number of aromatic nitrogens is 1. The molecule has 28 heavy (non-hydrogen) atoms. The van der Waals surface area contributed by atoms with Crippen molar-refractivity contribution in [3.05, 3.63) is 102 Å². The first kappa shape index (κ1) is 12.3. The zero-order valence-corrected chi connectivity index (χ0v) is 16.0. The summed E-state index contributed by atoms with van der Waals surface area (Å²) in [6.07, 6.45) is 1.60. The van der Waals surface area contributed by atoms with Crippen LogP contribution in [-0.2, 0) is 7.05 Å².